The first-order chi connectivity index (χ1) is 1.41. The summed E-state index contributed by atoms with van der Waals surface area (Å²) in [5, 5.41) is 0. The molecule has 0 unspecified atom stereocenters. The fourth-order valence-electron chi connectivity index (χ4n) is 0. The third-order valence-electron chi connectivity index (χ3n) is 0. The number of rotatable bonds is 0. The summed E-state index contributed by atoms with van der Waals surface area (Å²) in [5.74, 6) is 0. The van der Waals surface area contributed by atoms with Gasteiger partial charge in [-0.25, -0.2) is 0 Å². The third-order valence-corrected chi connectivity index (χ3v) is 0. The van der Waals surface area contributed by atoms with Crippen LogP contribution in [0.4, 0.5) is 0 Å². The Balaban J connectivity index is 0. The molecule has 0 aromatic heterocycles. The monoisotopic (exact) mass is 277 g/mol. The van der Waals surface area contributed by atoms with Crippen molar-refractivity contribution in [3.63, 3.8) is 0 Å². The Morgan fingerprint density at radius 3 is 1.25 bits per heavy atom. The molecule has 0 aliphatic rings. The molecule has 4 heteroatoms. The van der Waals surface area contributed by atoms with E-state index in [0.29, 0.717) is 0 Å². The van der Waals surface area contributed by atoms with Crippen LogP contribution < -0.4 is 0 Å². The average Bonchev–Trinajstić information content (AvgIpc) is 0.918. The van der Waals surface area contributed by atoms with Crippen molar-refractivity contribution in [1.82, 2.24) is 0 Å². The quantitative estimate of drug-likeness (QED) is 0.575. The molecule has 0 aliphatic heterocycles. The van der Waals surface area contributed by atoms with Crippen molar-refractivity contribution in [1.29, 1.82) is 0 Å². The van der Waals surface area contributed by atoms with Crippen LogP contribution in [-0.4, -0.2) is 23.2 Å². The topological polar surface area (TPSA) is 34.1 Å². The summed E-state index contributed by atoms with van der Waals surface area (Å²) in [6.45, 7) is 0. The Hall–Kier alpha value is 0.773. The van der Waals surface area contributed by atoms with Gasteiger partial charge in [-0.2, -0.15) is 0 Å². The Kier molecular flexibility index (Phi) is 20.4. The summed E-state index contributed by atoms with van der Waals surface area (Å²) in [6, 6.07) is 0. The first kappa shape index (κ1) is 8.84. The number of hydrogen-bond acceptors (Lipinski definition) is 2. The zero-order chi connectivity index (χ0) is 2.71. The van der Waals surface area contributed by atoms with Gasteiger partial charge in [0.05, 0.1) is 0 Å². The van der Waals surface area contributed by atoms with Crippen molar-refractivity contribution in [2.45, 2.75) is 0 Å². The average molecular weight is 277 g/mol. The summed E-state index contributed by atoms with van der Waals surface area (Å²) in [6.07, 6.45) is 0. The van der Waals surface area contributed by atoms with E-state index in [9.17, 15) is 0 Å². The summed E-state index contributed by atoms with van der Waals surface area (Å²) >= 11 is -2.33. The van der Waals surface area contributed by atoms with Crippen molar-refractivity contribution in [2.24, 2.45) is 0 Å². The second kappa shape index (κ2) is 9.23. The van der Waals surface area contributed by atoms with Gasteiger partial charge < -0.3 is 0 Å². The molecule has 0 spiro atoms. The normalized spacial score (nSPS) is 2.00. The van der Waals surface area contributed by atoms with Gasteiger partial charge in [-0.3, -0.25) is 0 Å². The van der Waals surface area contributed by atoms with Gasteiger partial charge in [-0.05, 0) is 0 Å². The van der Waals surface area contributed by atoms with Crippen LogP contribution in [0.15, 0.2) is 0 Å². The molecule has 0 atom stereocenters. The molecule has 0 fully saturated rings. The number of hydrogen-bond donors (Lipinski definition) is 0. The van der Waals surface area contributed by atoms with Crippen molar-refractivity contribution >= 4 is 35.7 Å². The Morgan fingerprint density at radius 1 is 1.25 bits per heavy atom. The molecule has 0 saturated carbocycles. The van der Waals surface area contributed by atoms with Crippen molar-refractivity contribution in [3.05, 3.63) is 0 Å². The van der Waals surface area contributed by atoms with Crippen LogP contribution in [0.2, 0.25) is 0 Å². The molecule has 0 N–H and O–H groups in total. The molecule has 0 aromatic carbocycles. The van der Waals surface area contributed by atoms with Gasteiger partial charge >= 0.3 is 28.9 Å². The van der Waals surface area contributed by atoms with E-state index in [4.69, 9.17) is 5.63 Å². The third kappa shape index (κ3) is 14.6. The van der Waals surface area contributed by atoms with Crippen molar-refractivity contribution in [2.75, 3.05) is 0 Å². The molecule has 0 heterocycles. The standard InChI is InChI=1S/Bi.ClH.2O/h;1H;;. The van der Waals surface area contributed by atoms with Crippen LogP contribution in [0.3, 0.4) is 0 Å². The van der Waals surface area contributed by atoms with Gasteiger partial charge in [0.25, 0.3) is 0 Å². The van der Waals surface area contributed by atoms with Crippen LogP contribution >= 0.6 is 12.4 Å². The van der Waals surface area contributed by atoms with E-state index in [2.05, 4.69) is 0 Å². The first-order valence-electron chi connectivity index (χ1n) is 0.365. The van der Waals surface area contributed by atoms with E-state index in [1.807, 2.05) is 0 Å². The Bertz CT molecular complexity index is 27.0. The Morgan fingerprint density at radius 2 is 1.25 bits per heavy atom. The van der Waals surface area contributed by atoms with E-state index < -0.39 is 23.2 Å². The van der Waals surface area contributed by atoms with Crippen LogP contribution in [0, 0.1) is 0 Å². The molecule has 0 saturated heterocycles. The predicted molar refractivity (Wildman–Crippen MR) is 14.4 cm³/mol. The molecule has 4 heavy (non-hydrogen) atoms. The summed E-state index contributed by atoms with van der Waals surface area (Å²) in [5.41, 5.74) is 0. The molecule has 2 nitrogen and oxygen atoms in total. The summed E-state index contributed by atoms with van der Waals surface area (Å²) in [7, 11) is 0. The van der Waals surface area contributed by atoms with Gasteiger partial charge in [-0.1, -0.05) is 0 Å². The predicted octanol–water partition coefficient (Wildman–Crippen LogP) is -0.197. The second-order valence-corrected chi connectivity index (χ2v) is 0.654. The van der Waals surface area contributed by atoms with E-state index >= 15 is 0 Å². The van der Waals surface area contributed by atoms with Gasteiger partial charge in [-0.15, -0.1) is 12.4 Å². The maximum atomic E-state index is 8.56. The molecule has 0 aliphatic carbocycles. The molecule has 0 bridgehead atoms. The van der Waals surface area contributed by atoms with E-state index in [1.165, 1.54) is 0 Å². The van der Waals surface area contributed by atoms with E-state index in [1.54, 1.807) is 0 Å². The zero-order valence-electron chi connectivity index (χ0n) is 1.67. The second-order valence-electron chi connectivity index (χ2n) is 0.0745. The van der Waals surface area contributed by atoms with Crippen LogP contribution in [0.1, 0.15) is 0 Å². The summed E-state index contributed by atoms with van der Waals surface area (Å²) in [4.78, 5) is 0. The summed E-state index contributed by atoms with van der Waals surface area (Å²) < 4.78 is 17.1. The van der Waals surface area contributed by atoms with E-state index in [0.717, 1.165) is 0 Å². The van der Waals surface area contributed by atoms with Gasteiger partial charge in [0.15, 0.2) is 0 Å². The molecule has 0 amide bonds. The van der Waals surface area contributed by atoms with Crippen molar-refractivity contribution < 1.29 is 5.63 Å². The van der Waals surface area contributed by atoms with E-state index in [-0.39, 0.29) is 12.4 Å². The maximum absolute atomic E-state index is 8.56. The van der Waals surface area contributed by atoms with Gasteiger partial charge in [0.1, 0.15) is 0 Å². The van der Waals surface area contributed by atoms with Gasteiger partial charge in [0.2, 0.25) is 0 Å². The number of halogens is 1. The minimum absolute atomic E-state index is 0. The van der Waals surface area contributed by atoms with Crippen LogP contribution in [0.5, 0.6) is 0 Å². The van der Waals surface area contributed by atoms with Crippen LogP contribution in [-0.2, 0) is 5.63 Å². The van der Waals surface area contributed by atoms with Crippen LogP contribution in [0.25, 0.3) is 0 Å². The first-order valence-corrected chi connectivity index (χ1v) is 3.20. The minimum atomic E-state index is -2.33. The molecule has 0 rings (SSSR count). The van der Waals surface area contributed by atoms with Gasteiger partial charge in [0, 0.05) is 0 Å². The molecule has 25 valence electrons. The molecule has 1 radical (unpaired) electrons. The van der Waals surface area contributed by atoms with Crippen molar-refractivity contribution in [3.8, 4) is 0 Å². The molecular formula is HBiClO2. The fourth-order valence-corrected chi connectivity index (χ4v) is 0. The molecular weight excluding hydrogens is 276 g/mol. The SMILES string of the molecule is Cl.[O]=[Bi]=[O]. The molecule has 0 aromatic rings. The Labute approximate surface area is 41.4 Å². The zero-order valence-corrected chi connectivity index (χ0v) is 5.97. The fraction of sp³-hybridized carbons (Fsp3) is 0.